The van der Waals surface area contributed by atoms with E-state index < -0.39 is 0 Å². The van der Waals surface area contributed by atoms with Crippen LogP contribution in [0.1, 0.15) is 25.8 Å². The van der Waals surface area contributed by atoms with Crippen LogP contribution in [-0.4, -0.2) is 30.6 Å². The standard InChI is InChI=1S/C14H23IN2/c1-5-14(2,17(3)4)13(16)10-11-6-8-12(15)9-7-11/h6-9,13H,5,10,16H2,1-4H3. The van der Waals surface area contributed by atoms with Gasteiger partial charge in [-0.15, -0.1) is 0 Å². The fourth-order valence-corrected chi connectivity index (χ4v) is 2.36. The number of nitrogens with two attached hydrogens (primary N) is 1. The molecule has 0 amide bonds. The lowest BCUT2D eigenvalue weighted by Crippen LogP contribution is -2.55. The van der Waals surface area contributed by atoms with Crippen molar-refractivity contribution in [3.05, 3.63) is 33.4 Å². The molecule has 0 aliphatic heterocycles. The third-order valence-electron chi connectivity index (χ3n) is 3.91. The quantitative estimate of drug-likeness (QED) is 0.831. The summed E-state index contributed by atoms with van der Waals surface area (Å²) >= 11 is 2.32. The topological polar surface area (TPSA) is 29.3 Å². The second kappa shape index (κ2) is 6.16. The van der Waals surface area contributed by atoms with Gasteiger partial charge in [-0.1, -0.05) is 19.1 Å². The molecule has 0 aliphatic carbocycles. The Bertz CT molecular complexity index is 348. The lowest BCUT2D eigenvalue weighted by Gasteiger charge is -2.41. The molecule has 3 heteroatoms. The number of hydrogen-bond donors (Lipinski definition) is 1. The van der Waals surface area contributed by atoms with Crippen LogP contribution in [0.25, 0.3) is 0 Å². The Balaban J connectivity index is 2.77. The Labute approximate surface area is 119 Å². The van der Waals surface area contributed by atoms with Gasteiger partial charge in [-0.3, -0.25) is 0 Å². The normalized spacial score (nSPS) is 16.9. The van der Waals surface area contributed by atoms with Crippen molar-refractivity contribution in [1.82, 2.24) is 4.90 Å². The van der Waals surface area contributed by atoms with Crippen LogP contribution >= 0.6 is 22.6 Å². The SMILES string of the molecule is CCC(C)(C(N)Cc1ccc(I)cc1)N(C)C. The summed E-state index contributed by atoms with van der Waals surface area (Å²) in [6, 6.07) is 8.78. The zero-order valence-corrected chi connectivity index (χ0v) is 13.4. The fourth-order valence-electron chi connectivity index (χ4n) is 2.00. The number of benzene rings is 1. The predicted molar refractivity (Wildman–Crippen MR) is 83.2 cm³/mol. The molecule has 0 bridgehead atoms. The van der Waals surface area contributed by atoms with Crippen molar-refractivity contribution in [2.24, 2.45) is 5.73 Å². The third-order valence-corrected chi connectivity index (χ3v) is 4.62. The molecular weight excluding hydrogens is 323 g/mol. The first-order valence-electron chi connectivity index (χ1n) is 6.07. The summed E-state index contributed by atoms with van der Waals surface area (Å²) < 4.78 is 1.27. The van der Waals surface area contributed by atoms with Gasteiger partial charge in [0.25, 0.3) is 0 Å². The molecule has 96 valence electrons. The number of halogens is 1. The molecule has 2 N–H and O–H groups in total. The van der Waals surface area contributed by atoms with Crippen LogP contribution in [0.2, 0.25) is 0 Å². The van der Waals surface area contributed by atoms with Gasteiger partial charge < -0.3 is 10.6 Å². The van der Waals surface area contributed by atoms with Crippen LogP contribution in [-0.2, 0) is 6.42 Å². The first-order chi connectivity index (χ1) is 7.90. The minimum Gasteiger partial charge on any atom is -0.326 e. The first-order valence-corrected chi connectivity index (χ1v) is 7.15. The molecule has 1 aromatic rings. The molecule has 2 nitrogen and oxygen atoms in total. The van der Waals surface area contributed by atoms with Crippen molar-refractivity contribution in [2.75, 3.05) is 14.1 Å². The van der Waals surface area contributed by atoms with E-state index >= 15 is 0 Å². The summed E-state index contributed by atoms with van der Waals surface area (Å²) in [5, 5.41) is 0. The van der Waals surface area contributed by atoms with Crippen molar-refractivity contribution in [1.29, 1.82) is 0 Å². The zero-order chi connectivity index (χ0) is 13.1. The van der Waals surface area contributed by atoms with Crippen LogP contribution in [0.15, 0.2) is 24.3 Å². The Morgan fingerprint density at radius 1 is 1.29 bits per heavy atom. The maximum absolute atomic E-state index is 6.39. The highest BCUT2D eigenvalue weighted by molar-refractivity contribution is 14.1. The van der Waals surface area contributed by atoms with Gasteiger partial charge in [0, 0.05) is 15.2 Å². The van der Waals surface area contributed by atoms with E-state index in [-0.39, 0.29) is 11.6 Å². The average molecular weight is 346 g/mol. The largest absolute Gasteiger partial charge is 0.326 e. The van der Waals surface area contributed by atoms with Crippen LogP contribution < -0.4 is 5.73 Å². The van der Waals surface area contributed by atoms with Crippen molar-refractivity contribution in [3.63, 3.8) is 0 Å². The lowest BCUT2D eigenvalue weighted by molar-refractivity contribution is 0.131. The second-order valence-corrected chi connectivity index (χ2v) is 6.29. The number of hydrogen-bond acceptors (Lipinski definition) is 2. The van der Waals surface area contributed by atoms with E-state index in [1.165, 1.54) is 9.13 Å². The number of nitrogens with zero attached hydrogens (tertiary/aromatic N) is 1. The highest BCUT2D eigenvalue weighted by Gasteiger charge is 2.31. The molecule has 0 aromatic heterocycles. The van der Waals surface area contributed by atoms with E-state index in [4.69, 9.17) is 5.73 Å². The predicted octanol–water partition coefficient (Wildman–Crippen LogP) is 2.89. The van der Waals surface area contributed by atoms with Crippen LogP contribution in [0.5, 0.6) is 0 Å². The Morgan fingerprint density at radius 2 is 1.82 bits per heavy atom. The molecule has 2 atom stereocenters. The van der Waals surface area contributed by atoms with Crippen molar-refractivity contribution in [2.45, 2.75) is 38.3 Å². The second-order valence-electron chi connectivity index (χ2n) is 5.04. The number of likely N-dealkylation sites (N-methyl/N-ethyl adjacent to an activating group) is 1. The van der Waals surface area contributed by atoms with E-state index in [1.54, 1.807) is 0 Å². The third kappa shape index (κ3) is 3.66. The monoisotopic (exact) mass is 346 g/mol. The van der Waals surface area contributed by atoms with Crippen LogP contribution in [0.4, 0.5) is 0 Å². The zero-order valence-electron chi connectivity index (χ0n) is 11.2. The Morgan fingerprint density at radius 3 is 2.24 bits per heavy atom. The van der Waals surface area contributed by atoms with Crippen LogP contribution in [0, 0.1) is 3.57 Å². The maximum Gasteiger partial charge on any atom is 0.0326 e. The Kier molecular flexibility index (Phi) is 5.41. The molecule has 17 heavy (non-hydrogen) atoms. The van der Waals surface area contributed by atoms with Crippen molar-refractivity contribution >= 4 is 22.6 Å². The van der Waals surface area contributed by atoms with E-state index in [2.05, 4.69) is 79.7 Å². The smallest absolute Gasteiger partial charge is 0.0326 e. The molecule has 0 saturated heterocycles. The molecule has 0 spiro atoms. The summed E-state index contributed by atoms with van der Waals surface area (Å²) in [5.41, 5.74) is 7.77. The van der Waals surface area contributed by atoms with Gasteiger partial charge in [0.2, 0.25) is 0 Å². The van der Waals surface area contributed by atoms with E-state index in [0.29, 0.717) is 0 Å². The van der Waals surface area contributed by atoms with Gasteiger partial charge >= 0.3 is 0 Å². The van der Waals surface area contributed by atoms with Crippen molar-refractivity contribution < 1.29 is 0 Å². The summed E-state index contributed by atoms with van der Waals surface area (Å²) in [4.78, 5) is 2.24. The van der Waals surface area contributed by atoms with Gasteiger partial charge in [-0.05, 0) is 74.1 Å². The van der Waals surface area contributed by atoms with Gasteiger partial charge in [0.15, 0.2) is 0 Å². The molecular formula is C14H23IN2. The molecule has 0 heterocycles. The first kappa shape index (κ1) is 14.9. The summed E-state index contributed by atoms with van der Waals surface area (Å²) in [5.74, 6) is 0. The minimum atomic E-state index is 0.0585. The van der Waals surface area contributed by atoms with E-state index in [9.17, 15) is 0 Å². The molecule has 0 fully saturated rings. The highest BCUT2D eigenvalue weighted by atomic mass is 127. The number of rotatable bonds is 5. The van der Waals surface area contributed by atoms with Crippen LogP contribution in [0.3, 0.4) is 0 Å². The fraction of sp³-hybridized carbons (Fsp3) is 0.571. The Hall–Kier alpha value is -0.130. The summed E-state index contributed by atoms with van der Waals surface area (Å²) in [6.07, 6.45) is 1.99. The molecule has 1 aromatic carbocycles. The van der Waals surface area contributed by atoms with Gasteiger partial charge in [-0.25, -0.2) is 0 Å². The summed E-state index contributed by atoms with van der Waals surface area (Å²) in [6.45, 7) is 4.44. The molecule has 1 rings (SSSR count). The van der Waals surface area contributed by atoms with Crippen molar-refractivity contribution in [3.8, 4) is 0 Å². The highest BCUT2D eigenvalue weighted by Crippen LogP contribution is 2.22. The summed E-state index contributed by atoms with van der Waals surface area (Å²) in [7, 11) is 4.22. The van der Waals surface area contributed by atoms with Gasteiger partial charge in [0.05, 0.1) is 0 Å². The minimum absolute atomic E-state index is 0.0585. The van der Waals surface area contributed by atoms with E-state index in [1.807, 2.05) is 0 Å². The van der Waals surface area contributed by atoms with Gasteiger partial charge in [0.1, 0.15) is 0 Å². The molecule has 0 saturated carbocycles. The van der Waals surface area contributed by atoms with E-state index in [0.717, 1.165) is 12.8 Å². The maximum atomic E-state index is 6.39. The lowest BCUT2D eigenvalue weighted by atomic mass is 9.85. The molecule has 2 unspecified atom stereocenters. The van der Waals surface area contributed by atoms with Gasteiger partial charge in [-0.2, -0.15) is 0 Å². The molecule has 0 aliphatic rings. The molecule has 0 radical (unpaired) electrons. The average Bonchev–Trinajstić information content (AvgIpc) is 2.30.